The fourth-order valence-electron chi connectivity index (χ4n) is 6.82. The maximum atomic E-state index is 15.9. The number of ketones is 1. The molecule has 0 unspecified atom stereocenters. The van der Waals surface area contributed by atoms with Crippen LogP contribution < -0.4 is 20.5 Å². The summed E-state index contributed by atoms with van der Waals surface area (Å²) >= 11 is 0. The summed E-state index contributed by atoms with van der Waals surface area (Å²) in [5.41, 5.74) is 11.1. The van der Waals surface area contributed by atoms with E-state index in [9.17, 15) is 9.59 Å². The number of carbonyl (C=O) groups excluding carboxylic acids is 2. The SMILES string of the molecule is COc1cc(-c2cnc(N)c(-c3ccc(NC(=O)C4=CC(C5=NC=C(C)C(=O)C5)=CN(CC5CCOCC5)C4)cc3F)c2)ccc1OC[C@H]1COCCO1. The number of ether oxygens (including phenoxy) is 5. The average Bonchev–Trinajstić information content (AvgIpc) is 3.19. The number of aromatic nitrogens is 1. The molecule has 0 saturated carbocycles. The fourth-order valence-corrected chi connectivity index (χ4v) is 6.82. The van der Waals surface area contributed by atoms with Crippen LogP contribution in [0.15, 0.2) is 88.8 Å². The monoisotopic (exact) mass is 737 g/mol. The summed E-state index contributed by atoms with van der Waals surface area (Å²) in [6, 6.07) is 11.7. The molecule has 3 aromatic rings. The quantitative estimate of drug-likeness (QED) is 0.250. The number of rotatable bonds is 11. The van der Waals surface area contributed by atoms with E-state index in [4.69, 9.17) is 29.4 Å². The van der Waals surface area contributed by atoms with E-state index in [-0.39, 0.29) is 41.3 Å². The standard InChI is InChI=1S/C41H44FN5O7/c1-25-18-44-36(17-37(25)48)29-13-30(22-47(21-29)20-26-7-9-51-10-8-26)41(49)46-31-4-5-33(35(42)16-31)34-14-28(19-45-40(34)43)27-3-6-38(39(15-27)50-2)54-24-32-23-52-11-12-53-32/h3-6,13-16,18-19,21,26,32H,7-12,17,20,22-24H2,1-2H3,(H2,43,45)(H,46,49)/t32-/m1/s1. The Balaban J connectivity index is 1.07. The number of nitrogens with zero attached hydrogens (tertiary/aromatic N) is 3. The number of halogens is 1. The molecule has 2 aromatic carbocycles. The molecule has 1 amide bonds. The van der Waals surface area contributed by atoms with Gasteiger partial charge in [0.2, 0.25) is 0 Å². The Hall–Kier alpha value is -5.37. The Labute approximate surface area is 313 Å². The number of anilines is 2. The second-order valence-electron chi connectivity index (χ2n) is 13.8. The first kappa shape index (κ1) is 37.0. The lowest BCUT2D eigenvalue weighted by molar-refractivity contribution is -0.114. The van der Waals surface area contributed by atoms with Crippen LogP contribution in [-0.4, -0.2) is 93.2 Å². The molecule has 2 fully saturated rings. The molecular formula is C41H44FN5O7. The molecule has 2 saturated heterocycles. The first-order valence-corrected chi connectivity index (χ1v) is 18.1. The van der Waals surface area contributed by atoms with Crippen molar-refractivity contribution in [2.75, 3.05) is 70.9 Å². The lowest BCUT2D eigenvalue weighted by Crippen LogP contribution is -2.35. The third-order valence-corrected chi connectivity index (χ3v) is 9.91. The minimum Gasteiger partial charge on any atom is -0.493 e. The minimum absolute atomic E-state index is 0.00162. The first-order valence-electron chi connectivity index (χ1n) is 18.1. The predicted molar refractivity (Wildman–Crippen MR) is 203 cm³/mol. The summed E-state index contributed by atoms with van der Waals surface area (Å²) in [6.07, 6.45) is 8.81. The maximum Gasteiger partial charge on any atom is 0.253 e. The van der Waals surface area contributed by atoms with Gasteiger partial charge in [0.15, 0.2) is 17.3 Å². The number of hydrogen-bond acceptors (Lipinski definition) is 11. The van der Waals surface area contributed by atoms with Crippen molar-refractivity contribution in [2.24, 2.45) is 10.9 Å². The first-order chi connectivity index (χ1) is 26.2. The van der Waals surface area contributed by atoms with E-state index in [0.29, 0.717) is 97.2 Å². The highest BCUT2D eigenvalue weighted by atomic mass is 19.1. The van der Waals surface area contributed by atoms with Crippen LogP contribution in [0.25, 0.3) is 22.3 Å². The van der Waals surface area contributed by atoms with Crippen LogP contribution in [0.4, 0.5) is 15.9 Å². The number of nitrogen functional groups attached to an aromatic ring is 1. The second kappa shape index (κ2) is 16.8. The number of carbonyl (C=O) groups is 2. The van der Waals surface area contributed by atoms with E-state index in [1.165, 1.54) is 6.07 Å². The molecule has 0 aliphatic carbocycles. The zero-order valence-corrected chi connectivity index (χ0v) is 30.4. The number of benzene rings is 2. The lowest BCUT2D eigenvalue weighted by atomic mass is 9.94. The van der Waals surface area contributed by atoms with Crippen molar-refractivity contribution in [1.82, 2.24) is 9.88 Å². The van der Waals surface area contributed by atoms with E-state index < -0.39 is 5.82 Å². The topological polar surface area (TPSA) is 147 Å². The molecule has 0 bridgehead atoms. The Morgan fingerprint density at radius 1 is 1.04 bits per heavy atom. The van der Waals surface area contributed by atoms with E-state index in [2.05, 4.69) is 20.2 Å². The van der Waals surface area contributed by atoms with Crippen molar-refractivity contribution in [2.45, 2.75) is 32.3 Å². The van der Waals surface area contributed by atoms with Crippen molar-refractivity contribution in [1.29, 1.82) is 0 Å². The molecule has 4 aliphatic rings. The Morgan fingerprint density at radius 3 is 2.65 bits per heavy atom. The van der Waals surface area contributed by atoms with Gasteiger partial charge < -0.3 is 39.6 Å². The maximum absolute atomic E-state index is 15.9. The number of nitrogens with one attached hydrogen (secondary N) is 1. The van der Waals surface area contributed by atoms with Gasteiger partial charge in [0.1, 0.15) is 24.3 Å². The van der Waals surface area contributed by atoms with Gasteiger partial charge in [0, 0.05) is 84.0 Å². The van der Waals surface area contributed by atoms with Gasteiger partial charge in [-0.15, -0.1) is 0 Å². The zero-order chi connectivity index (χ0) is 37.6. The van der Waals surface area contributed by atoms with Gasteiger partial charge >= 0.3 is 0 Å². The molecule has 0 spiro atoms. The molecule has 1 aromatic heterocycles. The third kappa shape index (κ3) is 8.70. The van der Waals surface area contributed by atoms with Crippen LogP contribution in [-0.2, 0) is 23.8 Å². The highest BCUT2D eigenvalue weighted by molar-refractivity contribution is 6.19. The average molecular weight is 738 g/mol. The second-order valence-corrected chi connectivity index (χ2v) is 13.8. The molecule has 12 nitrogen and oxygen atoms in total. The van der Waals surface area contributed by atoms with Crippen LogP contribution in [0.1, 0.15) is 26.2 Å². The molecule has 4 aliphatic heterocycles. The summed E-state index contributed by atoms with van der Waals surface area (Å²) in [4.78, 5) is 37.2. The van der Waals surface area contributed by atoms with Gasteiger partial charge in [-0.05, 0) is 73.7 Å². The van der Waals surface area contributed by atoms with Gasteiger partial charge in [0.05, 0.1) is 39.1 Å². The molecule has 13 heteroatoms. The number of aliphatic imine (C=N–C) groups is 1. The highest BCUT2D eigenvalue weighted by Gasteiger charge is 2.26. The predicted octanol–water partition coefficient (Wildman–Crippen LogP) is 5.75. The summed E-state index contributed by atoms with van der Waals surface area (Å²) in [5.74, 6) is 0.684. The van der Waals surface area contributed by atoms with Crippen molar-refractivity contribution < 1.29 is 37.7 Å². The molecule has 54 heavy (non-hydrogen) atoms. The van der Waals surface area contributed by atoms with Crippen molar-refractivity contribution in [3.63, 3.8) is 0 Å². The van der Waals surface area contributed by atoms with Crippen LogP contribution in [0.5, 0.6) is 11.5 Å². The molecule has 282 valence electrons. The smallest absolute Gasteiger partial charge is 0.253 e. The van der Waals surface area contributed by atoms with Crippen LogP contribution >= 0.6 is 0 Å². The lowest BCUT2D eigenvalue weighted by Gasteiger charge is -2.32. The number of allylic oxidation sites excluding steroid dienone is 3. The molecule has 1 atom stereocenters. The number of hydrogen-bond donors (Lipinski definition) is 2. The number of Topliss-reactive ketones (excluding diaryl/α,β-unsaturated/α-hetero) is 1. The Kier molecular flexibility index (Phi) is 11.5. The summed E-state index contributed by atoms with van der Waals surface area (Å²) in [6.45, 7) is 6.15. The largest absolute Gasteiger partial charge is 0.493 e. The zero-order valence-electron chi connectivity index (χ0n) is 30.4. The summed E-state index contributed by atoms with van der Waals surface area (Å²) in [5, 5.41) is 2.87. The molecule has 3 N–H and O–H groups in total. The summed E-state index contributed by atoms with van der Waals surface area (Å²) < 4.78 is 44.1. The number of nitrogens with two attached hydrogens (primary N) is 1. The number of pyridine rings is 1. The summed E-state index contributed by atoms with van der Waals surface area (Å²) in [7, 11) is 1.56. The molecule has 5 heterocycles. The Bertz CT molecular complexity index is 2030. The van der Waals surface area contributed by atoms with E-state index >= 15 is 4.39 Å². The van der Waals surface area contributed by atoms with Crippen molar-refractivity contribution in [3.05, 3.63) is 89.7 Å². The van der Waals surface area contributed by atoms with Crippen molar-refractivity contribution in [3.8, 4) is 33.8 Å². The van der Waals surface area contributed by atoms with Crippen LogP contribution in [0, 0.1) is 11.7 Å². The van der Waals surface area contributed by atoms with Gasteiger partial charge in [-0.25, -0.2) is 9.37 Å². The van der Waals surface area contributed by atoms with Gasteiger partial charge in [-0.1, -0.05) is 6.07 Å². The van der Waals surface area contributed by atoms with E-state index in [1.54, 1.807) is 56.8 Å². The van der Waals surface area contributed by atoms with Gasteiger partial charge in [-0.3, -0.25) is 14.6 Å². The fraction of sp³-hybridized carbons (Fsp3) is 0.366. The van der Waals surface area contributed by atoms with Crippen molar-refractivity contribution >= 4 is 28.9 Å². The Morgan fingerprint density at radius 2 is 1.89 bits per heavy atom. The van der Waals surface area contributed by atoms with Crippen LogP contribution in [0.2, 0.25) is 0 Å². The van der Waals surface area contributed by atoms with Gasteiger partial charge in [0.25, 0.3) is 5.91 Å². The molecule has 7 rings (SSSR count). The highest BCUT2D eigenvalue weighted by Crippen LogP contribution is 2.36. The minimum atomic E-state index is -0.578. The normalized spacial score (nSPS) is 19.4. The van der Waals surface area contributed by atoms with Crippen LogP contribution in [0.3, 0.4) is 0 Å². The van der Waals surface area contributed by atoms with Gasteiger partial charge in [-0.2, -0.15) is 0 Å². The molecule has 0 radical (unpaired) electrons. The molecular weight excluding hydrogens is 693 g/mol. The van der Waals surface area contributed by atoms with E-state index in [0.717, 1.165) is 24.9 Å². The third-order valence-electron chi connectivity index (χ3n) is 9.91. The van der Waals surface area contributed by atoms with E-state index in [1.807, 2.05) is 18.3 Å². The number of methoxy groups -OCH3 is 1. The number of amides is 1.